The molecule has 4 nitrogen and oxygen atoms in total. The van der Waals surface area contributed by atoms with Crippen molar-refractivity contribution in [2.45, 2.75) is 0 Å². The van der Waals surface area contributed by atoms with Gasteiger partial charge >= 0.3 is 0 Å². The topological polar surface area (TPSA) is 59.9 Å². The molecule has 0 spiro atoms. The maximum atomic E-state index is 13.0. The van der Waals surface area contributed by atoms with Gasteiger partial charge in [0.05, 0.1) is 23.5 Å². The van der Waals surface area contributed by atoms with Crippen LogP contribution in [0, 0.1) is 11.6 Å². The lowest BCUT2D eigenvalue weighted by Gasteiger charge is -2.15. The third kappa shape index (κ3) is 1.35. The van der Waals surface area contributed by atoms with Gasteiger partial charge in [-0.05, 0) is 12.1 Å². The minimum Gasteiger partial charge on any atom is -0.288 e. The fraction of sp³-hybridized carbons (Fsp3) is 0. The molecule has 0 unspecified atom stereocenters. The Morgan fingerprint density at radius 1 is 0.778 bits per heavy atom. The summed E-state index contributed by atoms with van der Waals surface area (Å²) in [5.74, 6) is -2.73. The van der Waals surface area contributed by atoms with Crippen LogP contribution in [0.1, 0.15) is 32.1 Å². The Bertz CT molecular complexity index is 656. The third-order valence-electron chi connectivity index (χ3n) is 2.63. The van der Waals surface area contributed by atoms with Gasteiger partial charge in [-0.3, -0.25) is 9.59 Å². The Balaban J connectivity index is 2.32. The molecular formula is C12H4F2N2O2. The van der Waals surface area contributed by atoms with Crippen LogP contribution in [0.5, 0.6) is 0 Å². The second-order valence-electron chi connectivity index (χ2n) is 3.76. The molecule has 1 aliphatic rings. The number of hydrogen-bond donors (Lipinski definition) is 0. The van der Waals surface area contributed by atoms with Gasteiger partial charge < -0.3 is 0 Å². The average molecular weight is 246 g/mol. The molecule has 0 fully saturated rings. The molecule has 0 aliphatic heterocycles. The summed E-state index contributed by atoms with van der Waals surface area (Å²) in [5.41, 5.74) is -0.652. The van der Waals surface area contributed by atoms with E-state index in [2.05, 4.69) is 9.97 Å². The fourth-order valence-electron chi connectivity index (χ4n) is 1.84. The molecule has 0 saturated carbocycles. The number of nitrogens with zero attached hydrogens (tertiary/aromatic N) is 2. The highest BCUT2D eigenvalue weighted by atomic mass is 19.1. The summed E-state index contributed by atoms with van der Waals surface area (Å²) >= 11 is 0. The summed E-state index contributed by atoms with van der Waals surface area (Å²) in [5, 5.41) is 0. The van der Waals surface area contributed by atoms with Gasteiger partial charge in [-0.1, -0.05) is 0 Å². The smallest absolute Gasteiger partial charge is 0.231 e. The molecule has 1 aliphatic carbocycles. The van der Waals surface area contributed by atoms with Crippen LogP contribution < -0.4 is 0 Å². The molecule has 88 valence electrons. The number of halogens is 2. The fourth-order valence-corrected chi connectivity index (χ4v) is 1.84. The van der Waals surface area contributed by atoms with Crippen molar-refractivity contribution in [3.05, 3.63) is 58.7 Å². The number of pyridine rings is 2. The minimum absolute atomic E-state index is 0.159. The zero-order valence-corrected chi connectivity index (χ0v) is 8.78. The van der Waals surface area contributed by atoms with Crippen molar-refractivity contribution in [1.82, 2.24) is 9.97 Å². The van der Waals surface area contributed by atoms with E-state index in [9.17, 15) is 18.4 Å². The molecule has 3 rings (SSSR count). The monoisotopic (exact) mass is 246 g/mol. The standard InChI is InChI=1S/C12H4F2N2O2/c13-5-1-7-9(15-3-5)12(18)10-8(11(7)17)2-6(14)4-16-10/h1-4H. The first-order valence-electron chi connectivity index (χ1n) is 4.98. The second-order valence-corrected chi connectivity index (χ2v) is 3.76. The molecule has 2 aromatic heterocycles. The predicted molar refractivity (Wildman–Crippen MR) is 55.3 cm³/mol. The Morgan fingerprint density at radius 2 is 1.22 bits per heavy atom. The molecule has 6 heteroatoms. The van der Waals surface area contributed by atoms with E-state index in [1.165, 1.54) is 0 Å². The average Bonchev–Trinajstić information content (AvgIpc) is 2.35. The zero-order chi connectivity index (χ0) is 12.9. The minimum atomic E-state index is -0.734. The van der Waals surface area contributed by atoms with Gasteiger partial charge in [0, 0.05) is 0 Å². The van der Waals surface area contributed by atoms with E-state index in [1.54, 1.807) is 0 Å². The van der Waals surface area contributed by atoms with Crippen molar-refractivity contribution in [3.8, 4) is 0 Å². The Hall–Kier alpha value is -2.50. The van der Waals surface area contributed by atoms with E-state index >= 15 is 0 Å². The highest BCUT2D eigenvalue weighted by Gasteiger charge is 2.32. The van der Waals surface area contributed by atoms with Gasteiger partial charge in [-0.2, -0.15) is 0 Å². The van der Waals surface area contributed by atoms with Crippen molar-refractivity contribution in [3.63, 3.8) is 0 Å². The van der Waals surface area contributed by atoms with Gasteiger partial charge in [0.25, 0.3) is 0 Å². The van der Waals surface area contributed by atoms with Crippen LogP contribution >= 0.6 is 0 Å². The Labute approximate surface area is 99.3 Å². The van der Waals surface area contributed by atoms with Gasteiger partial charge in [0.2, 0.25) is 5.78 Å². The molecule has 0 radical (unpaired) electrons. The lowest BCUT2D eigenvalue weighted by Crippen LogP contribution is -2.24. The zero-order valence-electron chi connectivity index (χ0n) is 8.78. The number of hydrogen-bond acceptors (Lipinski definition) is 4. The lowest BCUT2D eigenvalue weighted by molar-refractivity contribution is 0.0970. The maximum Gasteiger partial charge on any atom is 0.231 e. The van der Waals surface area contributed by atoms with E-state index in [0.29, 0.717) is 0 Å². The van der Waals surface area contributed by atoms with E-state index in [-0.39, 0.29) is 22.5 Å². The summed E-state index contributed by atoms with van der Waals surface area (Å²) in [4.78, 5) is 31.1. The van der Waals surface area contributed by atoms with Crippen molar-refractivity contribution >= 4 is 11.6 Å². The van der Waals surface area contributed by atoms with Crippen LogP contribution in [0.3, 0.4) is 0 Å². The quantitative estimate of drug-likeness (QED) is 0.603. The van der Waals surface area contributed by atoms with Crippen molar-refractivity contribution in [1.29, 1.82) is 0 Å². The predicted octanol–water partition coefficient (Wildman–Crippen LogP) is 1.53. The van der Waals surface area contributed by atoms with Gasteiger partial charge in [-0.15, -0.1) is 0 Å². The number of rotatable bonds is 0. The highest BCUT2D eigenvalue weighted by Crippen LogP contribution is 2.25. The van der Waals surface area contributed by atoms with Crippen LogP contribution in [-0.4, -0.2) is 21.5 Å². The molecule has 0 amide bonds. The first-order valence-corrected chi connectivity index (χ1v) is 4.98. The summed E-state index contributed by atoms with van der Waals surface area (Å²) < 4.78 is 26.1. The van der Waals surface area contributed by atoms with Crippen LogP contribution in [0.25, 0.3) is 0 Å². The molecule has 0 saturated heterocycles. The molecular weight excluding hydrogens is 242 g/mol. The number of carbonyl (C=O) groups excluding carboxylic acids is 2. The van der Waals surface area contributed by atoms with E-state index in [1.807, 2.05) is 0 Å². The molecule has 0 aromatic carbocycles. The third-order valence-corrected chi connectivity index (χ3v) is 2.63. The van der Waals surface area contributed by atoms with Crippen LogP contribution in [0.15, 0.2) is 24.5 Å². The van der Waals surface area contributed by atoms with E-state index in [0.717, 1.165) is 24.5 Å². The van der Waals surface area contributed by atoms with Crippen LogP contribution in [-0.2, 0) is 0 Å². The Morgan fingerprint density at radius 3 is 1.67 bits per heavy atom. The van der Waals surface area contributed by atoms with Gasteiger partial charge in [-0.25, -0.2) is 18.7 Å². The first kappa shape index (κ1) is 10.6. The molecule has 0 N–H and O–H groups in total. The van der Waals surface area contributed by atoms with Gasteiger partial charge in [0.1, 0.15) is 23.0 Å². The largest absolute Gasteiger partial charge is 0.288 e. The molecule has 18 heavy (non-hydrogen) atoms. The second kappa shape index (κ2) is 3.49. The lowest BCUT2D eigenvalue weighted by atomic mass is 9.90. The SMILES string of the molecule is O=C1c2cc(F)cnc2C(=O)c2ncc(F)cc21. The first-order chi connectivity index (χ1) is 8.58. The van der Waals surface area contributed by atoms with Gasteiger partial charge in [0.15, 0.2) is 5.78 Å². The normalized spacial score (nSPS) is 13.2. The van der Waals surface area contributed by atoms with Crippen LogP contribution in [0.2, 0.25) is 0 Å². The maximum absolute atomic E-state index is 13.0. The number of ketones is 2. The summed E-state index contributed by atoms with van der Waals surface area (Å²) in [7, 11) is 0. The van der Waals surface area contributed by atoms with Crippen molar-refractivity contribution < 1.29 is 18.4 Å². The highest BCUT2D eigenvalue weighted by molar-refractivity contribution is 6.26. The summed E-state index contributed by atoms with van der Waals surface area (Å²) in [6, 6.07) is 1.83. The molecule has 0 bridgehead atoms. The molecule has 0 atom stereocenters. The van der Waals surface area contributed by atoms with E-state index < -0.39 is 23.2 Å². The summed E-state index contributed by atoms with van der Waals surface area (Å²) in [6.07, 6.45) is 1.69. The number of fused-ring (bicyclic) bond motifs is 2. The summed E-state index contributed by atoms with van der Waals surface area (Å²) in [6.45, 7) is 0. The number of carbonyl (C=O) groups is 2. The molecule has 2 heterocycles. The van der Waals surface area contributed by atoms with E-state index in [4.69, 9.17) is 0 Å². The van der Waals surface area contributed by atoms with Crippen LogP contribution in [0.4, 0.5) is 8.78 Å². The Kier molecular flexibility index (Phi) is 2.07. The number of aromatic nitrogens is 2. The molecule has 2 aromatic rings. The van der Waals surface area contributed by atoms with Crippen molar-refractivity contribution in [2.24, 2.45) is 0 Å². The van der Waals surface area contributed by atoms with Crippen molar-refractivity contribution in [2.75, 3.05) is 0 Å².